The van der Waals surface area contributed by atoms with Crippen molar-refractivity contribution in [3.8, 4) is 0 Å². The van der Waals surface area contributed by atoms with Crippen molar-refractivity contribution in [2.75, 3.05) is 33.0 Å². The first-order valence-corrected chi connectivity index (χ1v) is 6.84. The van der Waals surface area contributed by atoms with E-state index in [0.717, 1.165) is 26.4 Å². The van der Waals surface area contributed by atoms with E-state index in [9.17, 15) is 4.79 Å². The lowest BCUT2D eigenvalue weighted by Gasteiger charge is -2.07. The number of hydrogen-bond donors (Lipinski definition) is 1. The van der Waals surface area contributed by atoms with E-state index in [2.05, 4.69) is 11.3 Å². The molecular weight excluding hydrogens is 264 g/mol. The van der Waals surface area contributed by atoms with E-state index < -0.39 is 12.1 Å². The predicted octanol–water partition coefficient (Wildman–Crippen LogP) is 0.677. The lowest BCUT2D eigenvalue weighted by molar-refractivity contribution is -0.141. The van der Waals surface area contributed by atoms with Gasteiger partial charge in [0.1, 0.15) is 18.8 Å². The second kappa shape index (κ2) is 9.07. The Kier molecular flexibility index (Phi) is 7.76. The molecule has 6 nitrogen and oxygen atoms in total. The van der Waals surface area contributed by atoms with Gasteiger partial charge >= 0.3 is 5.97 Å². The summed E-state index contributed by atoms with van der Waals surface area (Å²) in [7, 11) is 0. The zero-order valence-electron chi connectivity index (χ0n) is 12.2. The van der Waals surface area contributed by atoms with Crippen LogP contribution in [0.5, 0.6) is 0 Å². The Morgan fingerprint density at radius 3 is 2.20 bits per heavy atom. The van der Waals surface area contributed by atoms with Gasteiger partial charge in [-0.25, -0.2) is 4.79 Å². The van der Waals surface area contributed by atoms with Gasteiger partial charge < -0.3 is 24.1 Å². The molecule has 0 bridgehead atoms. The van der Waals surface area contributed by atoms with Gasteiger partial charge in [0.2, 0.25) is 0 Å². The standard InChI is InChI=1S/C8H14O3.C6H10O3/c1-4-7(9)5-11-8(10)6(2)3;1(5-3-8-5)7-2-6-4-9-6/h7,9H,2,4-5H2,1,3H3;5-6H,1-4H2. The van der Waals surface area contributed by atoms with Gasteiger partial charge in [-0.2, -0.15) is 0 Å². The molecule has 0 aromatic rings. The zero-order chi connectivity index (χ0) is 15.0. The Balaban J connectivity index is 0.000000202. The van der Waals surface area contributed by atoms with Crippen molar-refractivity contribution in [2.45, 2.75) is 38.6 Å². The maximum absolute atomic E-state index is 10.7. The number of hydrogen-bond acceptors (Lipinski definition) is 6. The van der Waals surface area contributed by atoms with Gasteiger partial charge in [-0.05, 0) is 13.3 Å². The van der Waals surface area contributed by atoms with E-state index in [-0.39, 0.29) is 6.61 Å². The smallest absolute Gasteiger partial charge is 0.333 e. The van der Waals surface area contributed by atoms with Crippen LogP contribution < -0.4 is 0 Å². The summed E-state index contributed by atoms with van der Waals surface area (Å²) in [6.45, 7) is 10.1. The molecule has 0 spiro atoms. The molecule has 116 valence electrons. The molecule has 0 amide bonds. The molecule has 0 aromatic carbocycles. The lowest BCUT2D eigenvalue weighted by atomic mass is 10.3. The molecule has 2 heterocycles. The molecule has 20 heavy (non-hydrogen) atoms. The van der Waals surface area contributed by atoms with E-state index >= 15 is 0 Å². The Morgan fingerprint density at radius 1 is 1.35 bits per heavy atom. The molecule has 1 N–H and O–H groups in total. The quantitative estimate of drug-likeness (QED) is 0.402. The fourth-order valence-corrected chi connectivity index (χ4v) is 1.07. The fraction of sp³-hybridized carbons (Fsp3) is 0.786. The second-order valence-electron chi connectivity index (χ2n) is 4.89. The third kappa shape index (κ3) is 9.03. The van der Waals surface area contributed by atoms with Gasteiger partial charge in [0.05, 0.1) is 32.5 Å². The number of epoxide rings is 2. The van der Waals surface area contributed by atoms with Crippen LogP contribution in [0, 0.1) is 0 Å². The van der Waals surface area contributed by atoms with Crippen LogP contribution in [-0.2, 0) is 23.7 Å². The minimum absolute atomic E-state index is 0.0577. The van der Waals surface area contributed by atoms with Crippen LogP contribution in [-0.4, -0.2) is 62.4 Å². The molecule has 2 saturated heterocycles. The van der Waals surface area contributed by atoms with E-state index in [1.165, 1.54) is 0 Å². The highest BCUT2D eigenvalue weighted by molar-refractivity contribution is 5.86. The summed E-state index contributed by atoms with van der Waals surface area (Å²) in [5.41, 5.74) is 0.355. The molecule has 0 saturated carbocycles. The fourth-order valence-electron chi connectivity index (χ4n) is 1.07. The highest BCUT2D eigenvalue weighted by atomic mass is 16.6. The number of aliphatic hydroxyl groups excluding tert-OH is 1. The molecule has 0 radical (unpaired) electrons. The van der Waals surface area contributed by atoms with E-state index in [1.54, 1.807) is 6.92 Å². The van der Waals surface area contributed by atoms with Gasteiger partial charge in [-0.15, -0.1) is 0 Å². The first-order valence-electron chi connectivity index (χ1n) is 6.84. The highest BCUT2D eigenvalue weighted by Crippen LogP contribution is 2.12. The number of aliphatic hydroxyl groups is 1. The number of esters is 1. The number of carbonyl (C=O) groups is 1. The zero-order valence-corrected chi connectivity index (χ0v) is 12.2. The first-order chi connectivity index (χ1) is 9.52. The Hall–Kier alpha value is -0.950. The molecule has 0 aromatic heterocycles. The molecule has 3 atom stereocenters. The molecule has 2 fully saturated rings. The van der Waals surface area contributed by atoms with Gasteiger partial charge in [-0.3, -0.25) is 0 Å². The molecule has 2 aliphatic rings. The molecule has 0 aliphatic carbocycles. The number of rotatable bonds is 8. The van der Waals surface area contributed by atoms with E-state index in [1.807, 2.05) is 6.92 Å². The van der Waals surface area contributed by atoms with Gasteiger partial charge in [0.25, 0.3) is 0 Å². The molecule has 2 rings (SSSR count). The minimum Gasteiger partial charge on any atom is -0.460 e. The predicted molar refractivity (Wildman–Crippen MR) is 72.4 cm³/mol. The largest absolute Gasteiger partial charge is 0.460 e. The van der Waals surface area contributed by atoms with Crippen LogP contribution in [0.3, 0.4) is 0 Å². The Morgan fingerprint density at radius 2 is 1.85 bits per heavy atom. The normalized spacial score (nSPS) is 24.1. The molecule has 6 heteroatoms. The van der Waals surface area contributed by atoms with Crippen LogP contribution in [0.25, 0.3) is 0 Å². The summed E-state index contributed by atoms with van der Waals surface area (Å²) in [4.78, 5) is 10.7. The average molecular weight is 288 g/mol. The molecule has 2 aliphatic heterocycles. The van der Waals surface area contributed by atoms with Crippen LogP contribution in [0.4, 0.5) is 0 Å². The summed E-state index contributed by atoms with van der Waals surface area (Å²) in [6.07, 6.45) is 0.814. The first kappa shape index (κ1) is 17.1. The topological polar surface area (TPSA) is 80.8 Å². The third-order valence-electron chi connectivity index (χ3n) is 2.64. The van der Waals surface area contributed by atoms with E-state index in [0.29, 0.717) is 24.2 Å². The van der Waals surface area contributed by atoms with Gasteiger partial charge in [-0.1, -0.05) is 13.5 Å². The summed E-state index contributed by atoms with van der Waals surface area (Å²) in [5.74, 6) is -0.447. The van der Waals surface area contributed by atoms with Crippen molar-refractivity contribution in [1.29, 1.82) is 0 Å². The SMILES string of the molecule is C(OCC1CO1)C1CO1.C=C(C)C(=O)OCC(O)CC. The van der Waals surface area contributed by atoms with Crippen LogP contribution in [0.1, 0.15) is 20.3 Å². The minimum atomic E-state index is -0.557. The Labute approximate surface area is 119 Å². The van der Waals surface area contributed by atoms with Crippen LogP contribution in [0.15, 0.2) is 12.2 Å². The lowest BCUT2D eigenvalue weighted by Crippen LogP contribution is -2.17. The summed E-state index contributed by atoms with van der Waals surface area (Å²) >= 11 is 0. The molecular formula is C14H24O6. The van der Waals surface area contributed by atoms with Crippen LogP contribution in [0.2, 0.25) is 0 Å². The van der Waals surface area contributed by atoms with E-state index in [4.69, 9.17) is 19.3 Å². The summed E-state index contributed by atoms with van der Waals surface area (Å²) in [5, 5.41) is 8.98. The maximum Gasteiger partial charge on any atom is 0.333 e. The highest BCUT2D eigenvalue weighted by Gasteiger charge is 2.26. The number of ether oxygens (including phenoxy) is 4. The van der Waals surface area contributed by atoms with Crippen molar-refractivity contribution >= 4 is 5.97 Å². The second-order valence-corrected chi connectivity index (χ2v) is 4.89. The third-order valence-corrected chi connectivity index (χ3v) is 2.64. The maximum atomic E-state index is 10.7. The Bertz CT molecular complexity index is 297. The van der Waals surface area contributed by atoms with Crippen molar-refractivity contribution in [2.24, 2.45) is 0 Å². The molecule has 3 unspecified atom stereocenters. The van der Waals surface area contributed by atoms with Crippen molar-refractivity contribution in [3.05, 3.63) is 12.2 Å². The van der Waals surface area contributed by atoms with Crippen LogP contribution >= 0.6 is 0 Å². The van der Waals surface area contributed by atoms with Crippen molar-refractivity contribution in [3.63, 3.8) is 0 Å². The summed E-state index contributed by atoms with van der Waals surface area (Å²) in [6, 6.07) is 0. The average Bonchev–Trinajstić information content (AvgIpc) is 3.30. The van der Waals surface area contributed by atoms with Gasteiger partial charge in [0, 0.05) is 5.57 Å². The van der Waals surface area contributed by atoms with Crippen molar-refractivity contribution in [1.82, 2.24) is 0 Å². The summed E-state index contributed by atoms with van der Waals surface area (Å²) < 4.78 is 19.8. The number of carbonyl (C=O) groups excluding carboxylic acids is 1. The van der Waals surface area contributed by atoms with Crippen molar-refractivity contribution < 1.29 is 28.8 Å². The van der Waals surface area contributed by atoms with Gasteiger partial charge in [0.15, 0.2) is 0 Å². The monoisotopic (exact) mass is 288 g/mol.